The molecule has 2 nitrogen and oxygen atoms in total. The molecule has 1 heterocycles. The van der Waals surface area contributed by atoms with Crippen LogP contribution in [-0.2, 0) is 4.79 Å². The van der Waals surface area contributed by atoms with Crippen molar-refractivity contribution in [1.29, 1.82) is 0 Å². The molecule has 1 aliphatic heterocycles. The predicted molar refractivity (Wildman–Crippen MR) is 68.8 cm³/mol. The number of piperidine rings is 1. The predicted octanol–water partition coefficient (Wildman–Crippen LogP) is 3.58. The largest absolute Gasteiger partial charge is 0.341 e. The molecule has 16 heavy (non-hydrogen) atoms. The van der Waals surface area contributed by atoms with Gasteiger partial charge in [-0.1, -0.05) is 32.6 Å². The van der Waals surface area contributed by atoms with Gasteiger partial charge in [-0.2, -0.15) is 0 Å². The van der Waals surface area contributed by atoms with Crippen molar-refractivity contribution >= 4 is 17.5 Å². The number of halogens is 1. The van der Waals surface area contributed by atoms with Gasteiger partial charge >= 0.3 is 0 Å². The Labute approximate surface area is 104 Å². The number of rotatable bonds is 6. The highest BCUT2D eigenvalue weighted by atomic mass is 35.5. The van der Waals surface area contributed by atoms with E-state index in [-0.39, 0.29) is 11.3 Å². The standard InChI is InChI=1S/C13H24ClNO/c1-2-3-4-6-9-12(14)13(16)15-10-7-5-8-11-15/h12H,2-11H2,1H3. The molecule has 1 amide bonds. The Bertz CT molecular complexity index is 202. The van der Waals surface area contributed by atoms with E-state index in [2.05, 4.69) is 6.92 Å². The van der Waals surface area contributed by atoms with Gasteiger partial charge in [0, 0.05) is 13.1 Å². The Kier molecular flexibility index (Phi) is 6.86. The van der Waals surface area contributed by atoms with Crippen LogP contribution in [0.25, 0.3) is 0 Å². The highest BCUT2D eigenvalue weighted by Gasteiger charge is 2.22. The molecular formula is C13H24ClNO. The summed E-state index contributed by atoms with van der Waals surface area (Å²) >= 11 is 6.15. The van der Waals surface area contributed by atoms with Gasteiger partial charge in [0.2, 0.25) is 5.91 Å². The Morgan fingerprint density at radius 3 is 2.50 bits per heavy atom. The molecule has 0 aromatic carbocycles. The number of carbonyl (C=O) groups is 1. The van der Waals surface area contributed by atoms with Crippen molar-refractivity contribution in [2.24, 2.45) is 0 Å². The molecule has 0 aromatic heterocycles. The van der Waals surface area contributed by atoms with Crippen molar-refractivity contribution in [3.8, 4) is 0 Å². The normalized spacial score (nSPS) is 18.5. The molecule has 0 bridgehead atoms. The minimum atomic E-state index is -0.282. The van der Waals surface area contributed by atoms with Crippen LogP contribution >= 0.6 is 11.6 Å². The first-order valence-electron chi connectivity index (χ1n) is 6.68. The average molecular weight is 246 g/mol. The lowest BCUT2D eigenvalue weighted by Crippen LogP contribution is -2.40. The van der Waals surface area contributed by atoms with Gasteiger partial charge in [-0.3, -0.25) is 4.79 Å². The van der Waals surface area contributed by atoms with Crippen LogP contribution in [0.2, 0.25) is 0 Å². The summed E-state index contributed by atoms with van der Waals surface area (Å²) in [5, 5.41) is -0.282. The van der Waals surface area contributed by atoms with Crippen LogP contribution in [0.4, 0.5) is 0 Å². The van der Waals surface area contributed by atoms with E-state index in [0.29, 0.717) is 0 Å². The highest BCUT2D eigenvalue weighted by molar-refractivity contribution is 6.30. The zero-order valence-electron chi connectivity index (χ0n) is 10.4. The second-order valence-corrected chi connectivity index (χ2v) is 5.23. The fourth-order valence-corrected chi connectivity index (χ4v) is 2.48. The van der Waals surface area contributed by atoms with Crippen LogP contribution < -0.4 is 0 Å². The van der Waals surface area contributed by atoms with E-state index in [0.717, 1.165) is 38.8 Å². The topological polar surface area (TPSA) is 20.3 Å². The number of carbonyl (C=O) groups excluding carboxylic acids is 1. The summed E-state index contributed by atoms with van der Waals surface area (Å²) in [6.07, 6.45) is 9.16. The lowest BCUT2D eigenvalue weighted by Gasteiger charge is -2.28. The third-order valence-electron chi connectivity index (χ3n) is 3.25. The molecule has 0 radical (unpaired) electrons. The van der Waals surface area contributed by atoms with Crippen LogP contribution in [0.15, 0.2) is 0 Å². The monoisotopic (exact) mass is 245 g/mol. The summed E-state index contributed by atoms with van der Waals surface area (Å²) in [5.74, 6) is 0.165. The molecule has 1 fully saturated rings. The van der Waals surface area contributed by atoms with Gasteiger partial charge in [-0.25, -0.2) is 0 Å². The van der Waals surface area contributed by atoms with Crippen molar-refractivity contribution in [1.82, 2.24) is 4.90 Å². The van der Waals surface area contributed by atoms with Crippen molar-refractivity contribution in [3.63, 3.8) is 0 Å². The molecule has 1 aliphatic rings. The summed E-state index contributed by atoms with van der Waals surface area (Å²) in [6, 6.07) is 0. The summed E-state index contributed by atoms with van der Waals surface area (Å²) in [7, 11) is 0. The Hall–Kier alpha value is -0.240. The second-order valence-electron chi connectivity index (χ2n) is 4.70. The number of hydrogen-bond donors (Lipinski definition) is 0. The zero-order valence-corrected chi connectivity index (χ0v) is 11.1. The summed E-state index contributed by atoms with van der Waals surface area (Å²) in [4.78, 5) is 13.9. The highest BCUT2D eigenvalue weighted by Crippen LogP contribution is 2.16. The van der Waals surface area contributed by atoms with E-state index in [1.54, 1.807) is 0 Å². The van der Waals surface area contributed by atoms with E-state index < -0.39 is 0 Å². The molecule has 0 saturated carbocycles. The number of nitrogens with zero attached hydrogens (tertiary/aromatic N) is 1. The van der Waals surface area contributed by atoms with Crippen LogP contribution in [-0.4, -0.2) is 29.3 Å². The number of hydrogen-bond acceptors (Lipinski definition) is 1. The maximum atomic E-state index is 12.0. The molecular weight excluding hydrogens is 222 g/mol. The van der Waals surface area contributed by atoms with E-state index in [9.17, 15) is 4.79 Å². The third kappa shape index (κ3) is 4.73. The lowest BCUT2D eigenvalue weighted by molar-refractivity contribution is -0.131. The first-order valence-corrected chi connectivity index (χ1v) is 7.12. The van der Waals surface area contributed by atoms with Crippen molar-refractivity contribution in [2.75, 3.05) is 13.1 Å². The minimum Gasteiger partial charge on any atom is -0.341 e. The van der Waals surface area contributed by atoms with Crippen molar-refractivity contribution in [2.45, 2.75) is 63.7 Å². The van der Waals surface area contributed by atoms with Crippen molar-refractivity contribution in [3.05, 3.63) is 0 Å². The molecule has 1 saturated heterocycles. The van der Waals surface area contributed by atoms with Crippen LogP contribution in [0.1, 0.15) is 58.3 Å². The molecule has 1 rings (SSSR count). The third-order valence-corrected chi connectivity index (χ3v) is 3.65. The molecule has 0 aromatic rings. The van der Waals surface area contributed by atoms with Gasteiger partial charge in [0.15, 0.2) is 0 Å². The molecule has 94 valence electrons. The maximum Gasteiger partial charge on any atom is 0.240 e. The maximum absolute atomic E-state index is 12.0. The van der Waals surface area contributed by atoms with E-state index in [4.69, 9.17) is 11.6 Å². The minimum absolute atomic E-state index is 0.165. The van der Waals surface area contributed by atoms with Crippen LogP contribution in [0, 0.1) is 0 Å². The summed E-state index contributed by atoms with van der Waals surface area (Å²) in [6.45, 7) is 4.02. The zero-order chi connectivity index (χ0) is 11.8. The van der Waals surface area contributed by atoms with Crippen LogP contribution in [0.3, 0.4) is 0 Å². The molecule has 1 unspecified atom stereocenters. The number of likely N-dealkylation sites (tertiary alicyclic amines) is 1. The Morgan fingerprint density at radius 2 is 1.88 bits per heavy atom. The number of alkyl halides is 1. The van der Waals surface area contributed by atoms with Crippen molar-refractivity contribution < 1.29 is 4.79 Å². The van der Waals surface area contributed by atoms with Crippen LogP contribution in [0.5, 0.6) is 0 Å². The summed E-state index contributed by atoms with van der Waals surface area (Å²) in [5.41, 5.74) is 0. The van der Waals surface area contributed by atoms with E-state index in [1.807, 2.05) is 4.90 Å². The van der Waals surface area contributed by atoms with Gasteiger partial charge in [-0.15, -0.1) is 11.6 Å². The molecule has 1 atom stereocenters. The van der Waals surface area contributed by atoms with E-state index in [1.165, 1.54) is 25.7 Å². The second kappa shape index (κ2) is 7.94. The quantitative estimate of drug-likeness (QED) is 0.518. The molecule has 0 aliphatic carbocycles. The Balaban J connectivity index is 2.18. The molecule has 0 N–H and O–H groups in total. The average Bonchev–Trinajstić information content (AvgIpc) is 2.34. The first-order chi connectivity index (χ1) is 7.75. The van der Waals surface area contributed by atoms with E-state index >= 15 is 0 Å². The fourth-order valence-electron chi connectivity index (χ4n) is 2.19. The fraction of sp³-hybridized carbons (Fsp3) is 0.923. The van der Waals surface area contributed by atoms with Gasteiger partial charge in [0.25, 0.3) is 0 Å². The lowest BCUT2D eigenvalue weighted by atomic mass is 10.1. The van der Waals surface area contributed by atoms with Gasteiger partial charge in [-0.05, 0) is 25.7 Å². The molecule has 3 heteroatoms. The SMILES string of the molecule is CCCCCCC(Cl)C(=O)N1CCCCC1. The van der Waals surface area contributed by atoms with Gasteiger partial charge in [0.05, 0.1) is 0 Å². The molecule has 0 spiro atoms. The Morgan fingerprint density at radius 1 is 1.19 bits per heavy atom. The number of unbranched alkanes of at least 4 members (excludes halogenated alkanes) is 3. The van der Waals surface area contributed by atoms with Gasteiger partial charge < -0.3 is 4.90 Å². The first kappa shape index (κ1) is 13.8. The summed E-state index contributed by atoms with van der Waals surface area (Å²) < 4.78 is 0. The van der Waals surface area contributed by atoms with Gasteiger partial charge in [0.1, 0.15) is 5.38 Å². The smallest absolute Gasteiger partial charge is 0.240 e. The number of amides is 1.